The number of nitrogens with zero attached hydrogens (tertiary/aromatic N) is 3. The molecule has 0 saturated heterocycles. The van der Waals surface area contributed by atoms with Crippen molar-refractivity contribution in [2.24, 2.45) is 0 Å². The van der Waals surface area contributed by atoms with Crippen LogP contribution in [0.5, 0.6) is 0 Å². The first-order chi connectivity index (χ1) is 36.6. The summed E-state index contributed by atoms with van der Waals surface area (Å²) < 4.78 is 2.05. The van der Waals surface area contributed by atoms with Gasteiger partial charge in [-0.15, -0.1) is 0 Å². The molecule has 74 heavy (non-hydrogen) atoms. The molecule has 0 saturated carbocycles. The minimum absolute atomic E-state index is 0.380. The molecule has 0 aliphatic carbocycles. The van der Waals surface area contributed by atoms with Gasteiger partial charge in [-0.1, -0.05) is 316 Å². The van der Waals surface area contributed by atoms with Crippen molar-refractivity contribution in [3.63, 3.8) is 0 Å². The summed E-state index contributed by atoms with van der Waals surface area (Å²) in [5.41, 5.74) is 0.380. The zero-order valence-corrected chi connectivity index (χ0v) is 50.9. The van der Waals surface area contributed by atoms with E-state index in [0.29, 0.717) is 5.56 Å². The summed E-state index contributed by atoms with van der Waals surface area (Å²) in [6.45, 7) is 15.5. The number of aromatic nitrogens is 1. The molecule has 1 rings (SSSR count). The fraction of sp³-hybridized carbons (Fsp3) is 0.913. The topological polar surface area (TPSA) is 47.7 Å². The second-order valence-electron chi connectivity index (χ2n) is 24.0. The molecule has 0 aliphatic heterocycles. The number of carboxylic acids is 1. The number of hydrogen-bond donors (Lipinski definition) is 1. The number of pyridine rings is 1. The summed E-state index contributed by atoms with van der Waals surface area (Å²) in [6, 6.07) is 3.55. The lowest BCUT2D eigenvalue weighted by molar-refractivity contribution is -0.697. The molecule has 436 valence electrons. The van der Waals surface area contributed by atoms with Crippen LogP contribution in [0, 0.1) is 0 Å². The molecule has 1 aromatic rings. The molecule has 0 amide bonds. The van der Waals surface area contributed by atoms with Crippen LogP contribution >= 0.6 is 0 Å². The van der Waals surface area contributed by atoms with Gasteiger partial charge in [0.1, 0.15) is 12.1 Å². The lowest BCUT2D eigenvalue weighted by Crippen LogP contribution is -2.34. The van der Waals surface area contributed by atoms with Crippen LogP contribution < -0.4 is 4.57 Å². The van der Waals surface area contributed by atoms with Gasteiger partial charge in [0.15, 0.2) is 12.4 Å². The molecule has 1 heterocycles. The maximum Gasteiger partial charge on any atom is 0.341 e. The minimum atomic E-state index is -0.840. The van der Waals surface area contributed by atoms with Crippen molar-refractivity contribution < 1.29 is 14.5 Å². The molecule has 0 fully saturated rings. The van der Waals surface area contributed by atoms with Crippen molar-refractivity contribution in [1.82, 2.24) is 9.80 Å². The SMILES string of the molecule is CCCCCCCCCCCCCCCCCCN(CCCCCCCCCCCCCCCCCC)CCCN(CCCCCCCCCCCCCCCCCC)CCCCCC[n+]1cccc(C(=O)O)c1. The van der Waals surface area contributed by atoms with E-state index in [4.69, 9.17) is 0 Å². The average Bonchev–Trinajstić information content (AvgIpc) is 3.41. The van der Waals surface area contributed by atoms with E-state index in [0.717, 1.165) is 13.0 Å². The Morgan fingerprint density at radius 1 is 0.324 bits per heavy atom. The number of carbonyl (C=O) groups is 1. The summed E-state index contributed by atoms with van der Waals surface area (Å²) in [4.78, 5) is 17.2. The highest BCUT2D eigenvalue weighted by molar-refractivity contribution is 5.86. The van der Waals surface area contributed by atoms with E-state index in [-0.39, 0.29) is 0 Å². The van der Waals surface area contributed by atoms with E-state index in [9.17, 15) is 9.90 Å². The van der Waals surface area contributed by atoms with E-state index >= 15 is 0 Å². The summed E-state index contributed by atoms with van der Waals surface area (Å²) in [5, 5.41) is 9.42. The monoisotopic (exact) mass is 1040 g/mol. The van der Waals surface area contributed by atoms with Crippen LogP contribution in [0.2, 0.25) is 0 Å². The molecular formula is C69H134N3O2+. The van der Waals surface area contributed by atoms with Crippen molar-refractivity contribution in [2.75, 3.05) is 39.3 Å². The largest absolute Gasteiger partial charge is 0.477 e. The maximum atomic E-state index is 11.5. The molecule has 5 heteroatoms. The second-order valence-corrected chi connectivity index (χ2v) is 24.0. The Morgan fingerprint density at radius 3 is 0.784 bits per heavy atom. The first kappa shape index (κ1) is 70.6. The van der Waals surface area contributed by atoms with Crippen LogP contribution in [0.4, 0.5) is 0 Å². The van der Waals surface area contributed by atoms with Crippen LogP contribution in [0.1, 0.15) is 371 Å². The van der Waals surface area contributed by atoms with Crippen LogP contribution in [0.3, 0.4) is 0 Å². The van der Waals surface area contributed by atoms with Gasteiger partial charge in [0.25, 0.3) is 0 Å². The summed E-state index contributed by atoms with van der Waals surface area (Å²) in [6.07, 6.45) is 79.1. The maximum absolute atomic E-state index is 11.5. The standard InChI is InChI=1S/C69H133N3O2/c1-4-7-10-13-16-19-22-25-28-31-34-37-40-43-46-51-59-70(60-52-47-44-41-38-35-32-29-26-23-20-17-14-11-8-5-2)65-57-66-71(62-54-49-50-55-63-72-64-56-58-68(67-72)69(73)74)61-53-48-45-42-39-36-33-30-27-24-21-18-15-12-9-6-3/h56,58,64,67H,4-55,57,59-63,65-66H2,1-3H3/p+1. The predicted octanol–water partition coefficient (Wildman–Crippen LogP) is 22.0. The quantitative estimate of drug-likeness (QED) is 0.0522. The normalized spacial score (nSPS) is 11.8. The third-order valence-corrected chi connectivity index (χ3v) is 16.7. The van der Waals surface area contributed by atoms with Gasteiger partial charge in [0, 0.05) is 12.5 Å². The third kappa shape index (κ3) is 51.3. The molecule has 0 spiro atoms. The highest BCUT2D eigenvalue weighted by Gasteiger charge is 2.11. The zero-order chi connectivity index (χ0) is 53.1. The number of rotatable bonds is 63. The number of hydrogen-bond acceptors (Lipinski definition) is 3. The Kier molecular flexibility index (Phi) is 56.4. The Bertz CT molecular complexity index is 1200. The highest BCUT2D eigenvalue weighted by Crippen LogP contribution is 2.18. The van der Waals surface area contributed by atoms with Gasteiger partial charge in [0.05, 0.1) is 0 Å². The van der Waals surface area contributed by atoms with Crippen LogP contribution in [0.25, 0.3) is 0 Å². The van der Waals surface area contributed by atoms with E-state index in [1.165, 1.54) is 373 Å². The Balaban J connectivity index is 2.52. The number of unbranched alkanes of at least 4 members (excludes halogenated alkanes) is 48. The molecule has 0 radical (unpaired) electrons. The summed E-state index contributed by atoms with van der Waals surface area (Å²) in [5.74, 6) is -0.840. The molecule has 0 bridgehead atoms. The van der Waals surface area contributed by atoms with Gasteiger partial charge in [-0.2, -0.15) is 0 Å². The molecule has 0 atom stereocenters. The first-order valence-electron chi connectivity index (χ1n) is 34.3. The minimum Gasteiger partial charge on any atom is -0.477 e. The van der Waals surface area contributed by atoms with Crippen molar-refractivity contribution in [1.29, 1.82) is 0 Å². The summed E-state index contributed by atoms with van der Waals surface area (Å²) in [7, 11) is 0. The predicted molar refractivity (Wildman–Crippen MR) is 328 cm³/mol. The van der Waals surface area contributed by atoms with Gasteiger partial charge < -0.3 is 14.9 Å². The number of aryl methyl sites for hydroxylation is 1. The van der Waals surface area contributed by atoms with E-state index in [1.54, 1.807) is 12.3 Å². The van der Waals surface area contributed by atoms with Gasteiger partial charge >= 0.3 is 5.97 Å². The Morgan fingerprint density at radius 2 is 0.541 bits per heavy atom. The number of carboxylic acid groups (broad SMARTS) is 1. The van der Waals surface area contributed by atoms with Crippen molar-refractivity contribution in [3.05, 3.63) is 30.1 Å². The molecule has 0 aliphatic rings. The molecule has 1 N–H and O–H groups in total. The fourth-order valence-corrected chi connectivity index (χ4v) is 11.6. The lowest BCUT2D eigenvalue weighted by atomic mass is 10.0. The molecule has 0 unspecified atom stereocenters. The van der Waals surface area contributed by atoms with Crippen molar-refractivity contribution >= 4 is 5.97 Å². The van der Waals surface area contributed by atoms with Crippen molar-refractivity contribution in [2.45, 2.75) is 368 Å². The lowest BCUT2D eigenvalue weighted by Gasteiger charge is -2.26. The second kappa shape index (κ2) is 59.2. The molecule has 1 aromatic heterocycles. The zero-order valence-electron chi connectivity index (χ0n) is 50.9. The average molecular weight is 1040 g/mol. The van der Waals surface area contributed by atoms with Crippen LogP contribution in [0.15, 0.2) is 24.5 Å². The molecule has 0 aromatic carbocycles. The third-order valence-electron chi connectivity index (χ3n) is 16.7. The van der Waals surface area contributed by atoms with Crippen molar-refractivity contribution in [3.8, 4) is 0 Å². The van der Waals surface area contributed by atoms with Crippen LogP contribution in [-0.4, -0.2) is 60.1 Å². The number of aromatic carboxylic acids is 1. The van der Waals surface area contributed by atoms with Gasteiger partial charge in [-0.3, -0.25) is 0 Å². The highest BCUT2D eigenvalue weighted by atomic mass is 16.4. The van der Waals surface area contributed by atoms with Gasteiger partial charge in [-0.05, 0) is 83.9 Å². The molecule has 5 nitrogen and oxygen atoms in total. The Hall–Kier alpha value is -1.46. The first-order valence-corrected chi connectivity index (χ1v) is 34.3. The fourth-order valence-electron chi connectivity index (χ4n) is 11.6. The van der Waals surface area contributed by atoms with E-state index in [2.05, 4.69) is 35.1 Å². The van der Waals surface area contributed by atoms with Gasteiger partial charge in [0.2, 0.25) is 0 Å². The van der Waals surface area contributed by atoms with Gasteiger partial charge in [-0.25, -0.2) is 9.36 Å². The van der Waals surface area contributed by atoms with E-state index < -0.39 is 5.97 Å². The van der Waals surface area contributed by atoms with Crippen LogP contribution in [-0.2, 0) is 6.54 Å². The smallest absolute Gasteiger partial charge is 0.341 e. The van der Waals surface area contributed by atoms with E-state index in [1.807, 2.05) is 12.3 Å². The Labute approximate surface area is 465 Å². The summed E-state index contributed by atoms with van der Waals surface area (Å²) >= 11 is 0. The molecular weight excluding hydrogens is 903 g/mol.